The van der Waals surface area contributed by atoms with Crippen LogP contribution in [-0.4, -0.2) is 25.2 Å². The Balaban J connectivity index is 1.80. The first-order chi connectivity index (χ1) is 9.08. The standard InChI is InChI=1S/C15H22N2O2/c1-15(2)9-6-10-16-13(15)11-17-14(18)19-12-7-4-3-5-8-12/h3-5,7-8,13,16H,6,9-11H2,1-2H3,(H,17,18). The van der Waals surface area contributed by atoms with Crippen molar-refractivity contribution >= 4 is 6.09 Å². The normalized spacial score (nSPS) is 21.7. The van der Waals surface area contributed by atoms with Crippen molar-refractivity contribution < 1.29 is 9.53 Å². The number of carbonyl (C=O) groups is 1. The molecular weight excluding hydrogens is 240 g/mol. The zero-order chi connectivity index (χ0) is 13.7. The zero-order valence-corrected chi connectivity index (χ0v) is 11.6. The van der Waals surface area contributed by atoms with Crippen molar-refractivity contribution in [3.8, 4) is 5.75 Å². The molecule has 2 rings (SSSR count). The summed E-state index contributed by atoms with van der Waals surface area (Å²) in [6.45, 7) is 6.07. The van der Waals surface area contributed by atoms with E-state index >= 15 is 0 Å². The molecule has 19 heavy (non-hydrogen) atoms. The predicted molar refractivity (Wildman–Crippen MR) is 75.3 cm³/mol. The lowest BCUT2D eigenvalue weighted by molar-refractivity contribution is 0.166. The Bertz CT molecular complexity index is 417. The average molecular weight is 262 g/mol. The molecule has 0 bridgehead atoms. The van der Waals surface area contributed by atoms with Crippen molar-refractivity contribution in [3.63, 3.8) is 0 Å². The molecule has 0 spiro atoms. The third kappa shape index (κ3) is 3.96. The summed E-state index contributed by atoms with van der Waals surface area (Å²) in [5.41, 5.74) is 0.207. The van der Waals surface area contributed by atoms with Gasteiger partial charge in [-0.2, -0.15) is 0 Å². The van der Waals surface area contributed by atoms with E-state index in [1.54, 1.807) is 12.1 Å². The van der Waals surface area contributed by atoms with Gasteiger partial charge in [-0.05, 0) is 36.9 Å². The van der Waals surface area contributed by atoms with Gasteiger partial charge in [0.15, 0.2) is 0 Å². The second kappa shape index (κ2) is 6.06. The molecule has 1 unspecified atom stereocenters. The molecule has 104 valence electrons. The molecule has 0 aromatic heterocycles. The molecule has 1 heterocycles. The lowest BCUT2D eigenvalue weighted by Gasteiger charge is -2.39. The number of hydrogen-bond acceptors (Lipinski definition) is 3. The van der Waals surface area contributed by atoms with Crippen LogP contribution >= 0.6 is 0 Å². The molecule has 1 atom stereocenters. The van der Waals surface area contributed by atoms with Gasteiger partial charge in [0.25, 0.3) is 0 Å². The molecule has 1 aliphatic rings. The van der Waals surface area contributed by atoms with Gasteiger partial charge in [0.05, 0.1) is 0 Å². The Morgan fingerprint density at radius 1 is 1.42 bits per heavy atom. The van der Waals surface area contributed by atoms with E-state index in [9.17, 15) is 4.79 Å². The highest BCUT2D eigenvalue weighted by molar-refractivity contribution is 5.70. The summed E-state index contributed by atoms with van der Waals surface area (Å²) in [6.07, 6.45) is 1.98. The van der Waals surface area contributed by atoms with Crippen molar-refractivity contribution in [1.29, 1.82) is 0 Å². The molecule has 0 radical (unpaired) electrons. The summed E-state index contributed by atoms with van der Waals surface area (Å²) >= 11 is 0. The Labute approximate surface area is 114 Å². The van der Waals surface area contributed by atoms with Crippen LogP contribution in [0.25, 0.3) is 0 Å². The molecule has 1 saturated heterocycles. The maximum atomic E-state index is 11.7. The lowest BCUT2D eigenvalue weighted by atomic mass is 9.77. The number of ether oxygens (including phenoxy) is 1. The highest BCUT2D eigenvalue weighted by Crippen LogP contribution is 2.29. The van der Waals surface area contributed by atoms with Gasteiger partial charge in [0.2, 0.25) is 0 Å². The quantitative estimate of drug-likeness (QED) is 0.880. The van der Waals surface area contributed by atoms with Gasteiger partial charge in [-0.25, -0.2) is 4.79 Å². The van der Waals surface area contributed by atoms with Crippen LogP contribution in [0.4, 0.5) is 4.79 Å². The molecule has 1 aromatic carbocycles. The van der Waals surface area contributed by atoms with E-state index in [4.69, 9.17) is 4.74 Å². The molecule has 0 aliphatic carbocycles. The van der Waals surface area contributed by atoms with Gasteiger partial charge >= 0.3 is 6.09 Å². The highest BCUT2D eigenvalue weighted by Gasteiger charge is 2.32. The second-order valence-corrected chi connectivity index (χ2v) is 5.68. The van der Waals surface area contributed by atoms with Crippen molar-refractivity contribution in [1.82, 2.24) is 10.6 Å². The van der Waals surface area contributed by atoms with Gasteiger partial charge in [0.1, 0.15) is 5.75 Å². The van der Waals surface area contributed by atoms with Crippen LogP contribution < -0.4 is 15.4 Å². The van der Waals surface area contributed by atoms with Crippen LogP contribution in [0.5, 0.6) is 5.75 Å². The molecule has 1 aliphatic heterocycles. The number of nitrogens with one attached hydrogen (secondary N) is 2. The van der Waals surface area contributed by atoms with Gasteiger partial charge in [0, 0.05) is 12.6 Å². The monoisotopic (exact) mass is 262 g/mol. The first kappa shape index (κ1) is 13.9. The highest BCUT2D eigenvalue weighted by atomic mass is 16.6. The molecule has 4 heteroatoms. The Morgan fingerprint density at radius 2 is 2.16 bits per heavy atom. The van der Waals surface area contributed by atoms with E-state index in [-0.39, 0.29) is 5.41 Å². The van der Waals surface area contributed by atoms with Crippen molar-refractivity contribution in [3.05, 3.63) is 30.3 Å². The van der Waals surface area contributed by atoms with Crippen molar-refractivity contribution in [2.75, 3.05) is 13.1 Å². The second-order valence-electron chi connectivity index (χ2n) is 5.68. The van der Waals surface area contributed by atoms with Gasteiger partial charge < -0.3 is 15.4 Å². The topological polar surface area (TPSA) is 50.4 Å². The zero-order valence-electron chi connectivity index (χ0n) is 11.6. The molecular formula is C15H22N2O2. The fraction of sp³-hybridized carbons (Fsp3) is 0.533. The number of amides is 1. The molecule has 1 aromatic rings. The summed E-state index contributed by atoms with van der Waals surface area (Å²) in [4.78, 5) is 11.7. The van der Waals surface area contributed by atoms with Gasteiger partial charge in [-0.15, -0.1) is 0 Å². The van der Waals surface area contributed by atoms with Crippen LogP contribution in [0, 0.1) is 5.41 Å². The van der Waals surface area contributed by atoms with Crippen LogP contribution in [-0.2, 0) is 0 Å². The number of benzene rings is 1. The number of rotatable bonds is 3. The van der Waals surface area contributed by atoms with E-state index in [0.29, 0.717) is 18.3 Å². The number of carbonyl (C=O) groups excluding carboxylic acids is 1. The maximum absolute atomic E-state index is 11.7. The van der Waals surface area contributed by atoms with Crippen molar-refractivity contribution in [2.24, 2.45) is 5.41 Å². The summed E-state index contributed by atoms with van der Waals surface area (Å²) in [6, 6.07) is 9.40. The SMILES string of the molecule is CC1(C)CCCNC1CNC(=O)Oc1ccccc1. The Hall–Kier alpha value is -1.55. The average Bonchev–Trinajstić information content (AvgIpc) is 2.38. The van der Waals surface area contributed by atoms with Gasteiger partial charge in [-0.1, -0.05) is 32.0 Å². The summed E-state index contributed by atoms with van der Waals surface area (Å²) < 4.78 is 5.20. The summed E-state index contributed by atoms with van der Waals surface area (Å²) in [5, 5.41) is 6.29. The summed E-state index contributed by atoms with van der Waals surface area (Å²) in [5.74, 6) is 0.566. The fourth-order valence-corrected chi connectivity index (χ4v) is 2.44. The van der Waals surface area contributed by atoms with Crippen LogP contribution in [0.1, 0.15) is 26.7 Å². The predicted octanol–water partition coefficient (Wildman–Crippen LogP) is 2.55. The summed E-state index contributed by atoms with van der Waals surface area (Å²) in [7, 11) is 0. The number of piperidine rings is 1. The maximum Gasteiger partial charge on any atom is 0.412 e. The minimum absolute atomic E-state index is 0.207. The molecule has 4 nitrogen and oxygen atoms in total. The minimum atomic E-state index is -0.394. The van der Waals surface area contributed by atoms with E-state index in [2.05, 4.69) is 24.5 Å². The van der Waals surface area contributed by atoms with E-state index < -0.39 is 6.09 Å². The smallest absolute Gasteiger partial charge is 0.410 e. The van der Waals surface area contributed by atoms with E-state index in [1.165, 1.54) is 12.8 Å². The number of para-hydroxylation sites is 1. The third-order valence-corrected chi connectivity index (χ3v) is 3.74. The Morgan fingerprint density at radius 3 is 2.84 bits per heavy atom. The molecule has 2 N–H and O–H groups in total. The van der Waals surface area contributed by atoms with E-state index in [1.807, 2.05) is 18.2 Å². The van der Waals surface area contributed by atoms with E-state index in [0.717, 1.165) is 6.54 Å². The van der Waals surface area contributed by atoms with Crippen LogP contribution in [0.3, 0.4) is 0 Å². The Kier molecular flexibility index (Phi) is 4.43. The first-order valence-electron chi connectivity index (χ1n) is 6.82. The largest absolute Gasteiger partial charge is 0.412 e. The molecule has 0 saturated carbocycles. The third-order valence-electron chi connectivity index (χ3n) is 3.74. The van der Waals surface area contributed by atoms with Crippen LogP contribution in [0.2, 0.25) is 0 Å². The van der Waals surface area contributed by atoms with Crippen LogP contribution in [0.15, 0.2) is 30.3 Å². The number of hydrogen-bond donors (Lipinski definition) is 2. The lowest BCUT2D eigenvalue weighted by Crippen LogP contribution is -2.53. The minimum Gasteiger partial charge on any atom is -0.410 e. The molecule has 1 amide bonds. The molecule has 1 fully saturated rings. The van der Waals surface area contributed by atoms with Gasteiger partial charge in [-0.3, -0.25) is 0 Å². The van der Waals surface area contributed by atoms with Crippen molar-refractivity contribution in [2.45, 2.75) is 32.7 Å². The first-order valence-corrected chi connectivity index (χ1v) is 6.82. The fourth-order valence-electron chi connectivity index (χ4n) is 2.44.